The third-order valence-electron chi connectivity index (χ3n) is 11.5. The second kappa shape index (κ2) is 42.6. The van der Waals surface area contributed by atoms with E-state index in [1.807, 2.05) is 6.08 Å². The molecule has 0 aromatic carbocycles. The van der Waals surface area contributed by atoms with Crippen LogP contribution in [0, 0.1) is 0 Å². The van der Waals surface area contributed by atoms with Crippen molar-refractivity contribution in [3.05, 3.63) is 72.9 Å². The fourth-order valence-electron chi connectivity index (χ4n) is 7.53. The molecule has 1 heterocycles. The smallest absolute Gasteiger partial charge is 0.220 e. The molecule has 1 fully saturated rings. The highest BCUT2D eigenvalue weighted by atomic mass is 16.7. The SMILES string of the molecule is CC/C=C\C/C=C\C/C=C\C/C=C\C/C=C\CCCCCCCC(=O)NC(COC1OC(CO)C(O)C(O)C1O)C(O)/C=C/CCCCCCCCCCCCCCCCCC. The molecule has 0 spiro atoms. The van der Waals surface area contributed by atoms with Crippen LogP contribution < -0.4 is 5.32 Å². The van der Waals surface area contributed by atoms with E-state index >= 15 is 0 Å². The lowest BCUT2D eigenvalue weighted by molar-refractivity contribution is -0.302. The number of unbranched alkanes of at least 4 members (excludes halogenated alkanes) is 21. The third-order valence-corrected chi connectivity index (χ3v) is 11.5. The number of carbonyl (C=O) groups excluding carboxylic acids is 1. The molecule has 0 radical (unpaired) electrons. The molecular formula is C53H93NO8. The van der Waals surface area contributed by atoms with Crippen LogP contribution in [0.2, 0.25) is 0 Å². The van der Waals surface area contributed by atoms with Gasteiger partial charge in [-0.1, -0.05) is 202 Å². The Morgan fingerprint density at radius 1 is 0.565 bits per heavy atom. The summed E-state index contributed by atoms with van der Waals surface area (Å²) in [4.78, 5) is 13.0. The highest BCUT2D eigenvalue weighted by Gasteiger charge is 2.44. The number of hydrogen-bond donors (Lipinski definition) is 6. The van der Waals surface area contributed by atoms with Crippen LogP contribution in [0.3, 0.4) is 0 Å². The summed E-state index contributed by atoms with van der Waals surface area (Å²) in [7, 11) is 0. The first-order valence-electron chi connectivity index (χ1n) is 25.2. The zero-order chi connectivity index (χ0) is 45.1. The Balaban J connectivity index is 2.34. The van der Waals surface area contributed by atoms with E-state index in [9.17, 15) is 30.3 Å². The van der Waals surface area contributed by atoms with Crippen molar-refractivity contribution in [1.82, 2.24) is 5.32 Å². The van der Waals surface area contributed by atoms with Crippen LogP contribution in [-0.2, 0) is 14.3 Å². The molecule has 1 aliphatic heterocycles. The summed E-state index contributed by atoms with van der Waals surface area (Å²) in [5.74, 6) is -0.198. The maximum atomic E-state index is 13.0. The molecule has 1 rings (SSSR count). The molecule has 7 atom stereocenters. The number of amides is 1. The number of carbonyl (C=O) groups is 1. The summed E-state index contributed by atoms with van der Waals surface area (Å²) >= 11 is 0. The molecule has 9 heteroatoms. The second-order valence-electron chi connectivity index (χ2n) is 17.2. The normalized spacial score (nSPS) is 20.9. The van der Waals surface area contributed by atoms with Gasteiger partial charge in [-0.25, -0.2) is 0 Å². The summed E-state index contributed by atoms with van der Waals surface area (Å²) < 4.78 is 11.2. The minimum atomic E-state index is -1.57. The van der Waals surface area contributed by atoms with E-state index in [0.717, 1.165) is 89.9 Å². The molecule has 62 heavy (non-hydrogen) atoms. The van der Waals surface area contributed by atoms with E-state index in [4.69, 9.17) is 9.47 Å². The van der Waals surface area contributed by atoms with Gasteiger partial charge in [-0.05, 0) is 64.2 Å². The predicted molar refractivity (Wildman–Crippen MR) is 258 cm³/mol. The molecule has 0 aliphatic carbocycles. The van der Waals surface area contributed by atoms with Gasteiger partial charge in [0.05, 0.1) is 25.4 Å². The lowest BCUT2D eigenvalue weighted by Gasteiger charge is -2.40. The van der Waals surface area contributed by atoms with E-state index in [1.54, 1.807) is 6.08 Å². The number of ether oxygens (including phenoxy) is 2. The Morgan fingerprint density at radius 3 is 1.48 bits per heavy atom. The Bertz CT molecular complexity index is 1200. The van der Waals surface area contributed by atoms with Crippen molar-refractivity contribution in [1.29, 1.82) is 0 Å². The molecule has 1 amide bonds. The van der Waals surface area contributed by atoms with Gasteiger partial charge in [0.25, 0.3) is 0 Å². The van der Waals surface area contributed by atoms with Gasteiger partial charge in [-0.15, -0.1) is 0 Å². The first kappa shape index (κ1) is 57.6. The lowest BCUT2D eigenvalue weighted by Crippen LogP contribution is -2.60. The van der Waals surface area contributed by atoms with Crippen molar-refractivity contribution in [2.24, 2.45) is 0 Å². The van der Waals surface area contributed by atoms with Gasteiger partial charge in [0, 0.05) is 6.42 Å². The van der Waals surface area contributed by atoms with Gasteiger partial charge >= 0.3 is 0 Å². The van der Waals surface area contributed by atoms with Crippen LogP contribution >= 0.6 is 0 Å². The molecule has 9 nitrogen and oxygen atoms in total. The standard InChI is InChI=1S/C53H93NO8/c1-3-5-7-9-11-13-15-17-19-21-23-24-25-27-29-31-33-35-37-39-41-43-49(57)54-46(45-61-53-52(60)51(59)50(58)48(44-55)62-53)47(56)42-40-38-36-34-32-30-28-26-22-20-18-16-14-12-10-8-6-4-2/h5,7,11,13,17,19,23-24,27,29,40,42,46-48,50-53,55-56,58-60H,3-4,6,8-10,12,14-16,18,20-22,25-26,28,30-39,41,43-45H2,1-2H3,(H,54,57)/b7-5-,13-11-,19-17-,24-23-,29-27-,42-40+. The minimum Gasteiger partial charge on any atom is -0.394 e. The molecule has 0 aromatic heterocycles. The van der Waals surface area contributed by atoms with Crippen LogP contribution in [0.25, 0.3) is 0 Å². The summed E-state index contributed by atoms with van der Waals surface area (Å²) in [6.45, 7) is 3.65. The number of rotatable bonds is 41. The van der Waals surface area contributed by atoms with Crippen LogP contribution in [0.5, 0.6) is 0 Å². The lowest BCUT2D eigenvalue weighted by atomic mass is 9.99. The van der Waals surface area contributed by atoms with Gasteiger partial charge in [-0.3, -0.25) is 4.79 Å². The monoisotopic (exact) mass is 872 g/mol. The van der Waals surface area contributed by atoms with Crippen molar-refractivity contribution in [2.75, 3.05) is 13.2 Å². The average Bonchev–Trinajstić information content (AvgIpc) is 3.27. The fraction of sp³-hybridized carbons (Fsp3) is 0.755. The second-order valence-corrected chi connectivity index (χ2v) is 17.2. The van der Waals surface area contributed by atoms with E-state index in [-0.39, 0.29) is 12.5 Å². The highest BCUT2D eigenvalue weighted by molar-refractivity contribution is 5.76. The van der Waals surface area contributed by atoms with Crippen molar-refractivity contribution in [3.63, 3.8) is 0 Å². The number of nitrogens with one attached hydrogen (secondary N) is 1. The molecule has 0 bridgehead atoms. The minimum absolute atomic E-state index is 0.198. The van der Waals surface area contributed by atoms with Crippen molar-refractivity contribution < 1.29 is 39.8 Å². The summed E-state index contributed by atoms with van der Waals surface area (Å²) in [6, 6.07) is -0.819. The molecule has 358 valence electrons. The summed E-state index contributed by atoms with van der Waals surface area (Å²) in [5, 5.41) is 54.3. The third kappa shape index (κ3) is 32.3. The maximum absolute atomic E-state index is 13.0. The Kier molecular flexibility index (Phi) is 39.6. The first-order chi connectivity index (χ1) is 30.3. The van der Waals surface area contributed by atoms with Crippen LogP contribution in [0.4, 0.5) is 0 Å². The van der Waals surface area contributed by atoms with E-state index in [2.05, 4.69) is 79.9 Å². The molecule has 0 saturated carbocycles. The molecule has 6 N–H and O–H groups in total. The Hall–Kier alpha value is -2.37. The maximum Gasteiger partial charge on any atom is 0.220 e. The van der Waals surface area contributed by atoms with E-state index in [0.29, 0.717) is 6.42 Å². The van der Waals surface area contributed by atoms with E-state index < -0.39 is 49.5 Å². The first-order valence-corrected chi connectivity index (χ1v) is 25.2. The van der Waals surface area contributed by atoms with Crippen LogP contribution in [0.15, 0.2) is 72.9 Å². The largest absolute Gasteiger partial charge is 0.394 e. The summed E-state index contributed by atoms with van der Waals surface area (Å²) in [5.41, 5.74) is 0. The van der Waals surface area contributed by atoms with Crippen LogP contribution in [0.1, 0.15) is 200 Å². The topological polar surface area (TPSA) is 149 Å². The molecule has 1 saturated heterocycles. The summed E-state index contributed by atoms with van der Waals surface area (Å²) in [6.07, 6.45) is 50.8. The molecule has 1 aliphatic rings. The van der Waals surface area contributed by atoms with Gasteiger partial charge in [-0.2, -0.15) is 0 Å². The highest BCUT2D eigenvalue weighted by Crippen LogP contribution is 2.23. The van der Waals surface area contributed by atoms with Gasteiger partial charge in [0.1, 0.15) is 24.4 Å². The van der Waals surface area contributed by atoms with Crippen molar-refractivity contribution in [2.45, 2.75) is 243 Å². The number of aliphatic hydroxyl groups excluding tert-OH is 5. The number of hydrogen-bond acceptors (Lipinski definition) is 8. The molecule has 0 aromatic rings. The van der Waals surface area contributed by atoms with Gasteiger partial charge < -0.3 is 40.3 Å². The number of allylic oxidation sites excluding steroid dienone is 11. The Labute approximate surface area is 378 Å². The van der Waals surface area contributed by atoms with Gasteiger partial charge in [0.2, 0.25) is 5.91 Å². The van der Waals surface area contributed by atoms with Crippen molar-refractivity contribution >= 4 is 5.91 Å². The fourth-order valence-corrected chi connectivity index (χ4v) is 7.53. The van der Waals surface area contributed by atoms with Crippen molar-refractivity contribution in [3.8, 4) is 0 Å². The average molecular weight is 872 g/mol. The quantitative estimate of drug-likeness (QED) is 0.0263. The molecule has 7 unspecified atom stereocenters. The van der Waals surface area contributed by atoms with Gasteiger partial charge in [0.15, 0.2) is 6.29 Å². The molecular weight excluding hydrogens is 779 g/mol. The zero-order valence-electron chi connectivity index (χ0n) is 39.4. The predicted octanol–water partition coefficient (Wildman–Crippen LogP) is 11.3. The zero-order valence-corrected chi connectivity index (χ0v) is 39.4. The van der Waals surface area contributed by atoms with Crippen LogP contribution in [-0.4, -0.2) is 87.5 Å². The Morgan fingerprint density at radius 2 is 1.00 bits per heavy atom. The number of aliphatic hydroxyl groups is 5. The van der Waals surface area contributed by atoms with E-state index in [1.165, 1.54) is 89.9 Å².